The van der Waals surface area contributed by atoms with E-state index in [2.05, 4.69) is 16.0 Å². The van der Waals surface area contributed by atoms with Crippen LogP contribution < -0.4 is 16.0 Å². The molecule has 0 aromatic rings. The van der Waals surface area contributed by atoms with Gasteiger partial charge in [-0.05, 0) is 0 Å². The summed E-state index contributed by atoms with van der Waals surface area (Å²) in [6.07, 6.45) is -29.0. The first-order chi connectivity index (χ1) is 25.4. The van der Waals surface area contributed by atoms with Crippen molar-refractivity contribution in [2.75, 3.05) is 26.4 Å². The van der Waals surface area contributed by atoms with Crippen LogP contribution in [-0.4, -0.2) is 223 Å². The van der Waals surface area contributed by atoms with Crippen LogP contribution in [-0.2, 0) is 47.5 Å². The van der Waals surface area contributed by atoms with Crippen molar-refractivity contribution >= 4 is 17.7 Å². The lowest BCUT2D eigenvalue weighted by molar-refractivity contribution is -0.349. The predicted octanol–water partition coefficient (Wildman–Crippen LogP) is -9.32. The second-order valence-electron chi connectivity index (χ2n) is 13.4. The monoisotopic (exact) mass is 789 g/mol. The van der Waals surface area contributed by atoms with Gasteiger partial charge in [0.15, 0.2) is 25.2 Å². The minimum absolute atomic E-state index is 0.686. The molecule has 4 saturated heterocycles. The van der Waals surface area contributed by atoms with Crippen LogP contribution in [0.3, 0.4) is 0 Å². The largest absolute Gasteiger partial charge is 0.394 e. The third-order valence-electron chi connectivity index (χ3n) is 9.39. The lowest BCUT2D eigenvalue weighted by atomic mass is 9.94. The average molecular weight is 790 g/mol. The zero-order valence-electron chi connectivity index (χ0n) is 29.4. The summed E-state index contributed by atoms with van der Waals surface area (Å²) in [7, 11) is 0. The fourth-order valence-electron chi connectivity index (χ4n) is 6.65. The second-order valence-corrected chi connectivity index (χ2v) is 13.4. The number of rotatable bonds is 13. The predicted molar refractivity (Wildman–Crippen MR) is 169 cm³/mol. The first kappa shape index (κ1) is 44.4. The molecule has 24 nitrogen and oxygen atoms in total. The number of aliphatic hydroxyl groups excluding tert-OH is 11. The molecule has 0 bridgehead atoms. The van der Waals surface area contributed by atoms with E-state index in [1.807, 2.05) is 0 Å². The van der Waals surface area contributed by atoms with Crippen LogP contribution in [0.1, 0.15) is 20.8 Å². The standard InChI is InChI=1S/C30H51N3O21/c1-8(37)31-15-22(44)18(40)11(4-34)51-29(15)53-26-17(33-10(3)39)28(50-13(6-36)20(26)42)48-7-14-21(43)25(16(27(47)49-14)32-9(2)38)54-30-24(46)23(45)19(41)12(5-35)52-30/h11-30,34-36,40-47H,4-7H2,1-3H3,(H,31,37)(H,32,38)(H,33,39)/t11-,12-,13-,14-,15-,16-,17-,18-,19+,20-,21+,22-,23+,24-,25-,26-,27+,28-,29+,30+/m1/s1. The first-order valence-corrected chi connectivity index (χ1v) is 17.1. The number of carbonyl (C=O) groups excluding carboxylic acids is 3. The van der Waals surface area contributed by atoms with Gasteiger partial charge < -0.3 is 105 Å². The molecule has 0 unspecified atom stereocenters. The number of aliphatic hydroxyl groups is 11. The van der Waals surface area contributed by atoms with E-state index >= 15 is 0 Å². The van der Waals surface area contributed by atoms with Crippen molar-refractivity contribution in [3.63, 3.8) is 0 Å². The number of ether oxygens (including phenoxy) is 7. The smallest absolute Gasteiger partial charge is 0.217 e. The lowest BCUT2D eigenvalue weighted by Crippen LogP contribution is -2.70. The Morgan fingerprint density at radius 2 is 0.907 bits per heavy atom. The summed E-state index contributed by atoms with van der Waals surface area (Å²) in [6, 6.07) is -4.52. The molecule has 14 N–H and O–H groups in total. The van der Waals surface area contributed by atoms with Crippen LogP contribution in [0.2, 0.25) is 0 Å². The maximum Gasteiger partial charge on any atom is 0.217 e. The van der Waals surface area contributed by atoms with Crippen molar-refractivity contribution in [2.24, 2.45) is 0 Å². The highest BCUT2D eigenvalue weighted by atomic mass is 16.7. The second kappa shape index (κ2) is 19.2. The molecule has 20 atom stereocenters. The summed E-state index contributed by atoms with van der Waals surface area (Å²) >= 11 is 0. The van der Waals surface area contributed by atoms with Gasteiger partial charge in [0.05, 0.1) is 26.4 Å². The fourth-order valence-corrected chi connectivity index (χ4v) is 6.65. The molecule has 4 heterocycles. The maximum absolute atomic E-state index is 12.4. The molecule has 4 fully saturated rings. The Balaban J connectivity index is 1.58. The van der Waals surface area contributed by atoms with E-state index in [0.29, 0.717) is 0 Å². The Morgan fingerprint density at radius 3 is 1.46 bits per heavy atom. The van der Waals surface area contributed by atoms with E-state index in [-0.39, 0.29) is 0 Å². The topological polar surface area (TPSA) is 374 Å². The van der Waals surface area contributed by atoms with Crippen molar-refractivity contribution in [1.82, 2.24) is 16.0 Å². The van der Waals surface area contributed by atoms with Gasteiger partial charge in [-0.2, -0.15) is 0 Å². The Bertz CT molecular complexity index is 1250. The molecule has 0 aliphatic carbocycles. The van der Waals surface area contributed by atoms with Crippen LogP contribution in [0, 0.1) is 0 Å². The minimum Gasteiger partial charge on any atom is -0.394 e. The van der Waals surface area contributed by atoms with E-state index in [9.17, 15) is 70.6 Å². The highest BCUT2D eigenvalue weighted by molar-refractivity contribution is 5.74. The molecular weight excluding hydrogens is 738 g/mol. The lowest BCUT2D eigenvalue weighted by Gasteiger charge is -2.49. The first-order valence-electron chi connectivity index (χ1n) is 17.1. The summed E-state index contributed by atoms with van der Waals surface area (Å²) in [6.45, 7) is 0.0599. The molecular formula is C30H51N3O21. The Hall–Kier alpha value is -2.31. The molecule has 4 rings (SSSR count). The van der Waals surface area contributed by atoms with Crippen molar-refractivity contribution in [2.45, 2.75) is 143 Å². The van der Waals surface area contributed by atoms with E-state index in [0.717, 1.165) is 20.8 Å². The molecule has 0 spiro atoms. The van der Waals surface area contributed by atoms with Crippen molar-refractivity contribution in [3.05, 3.63) is 0 Å². The summed E-state index contributed by atoms with van der Waals surface area (Å²) < 4.78 is 39.8. The number of carbonyl (C=O) groups is 3. The number of hydrogen-bond donors (Lipinski definition) is 14. The number of amides is 3. The molecule has 54 heavy (non-hydrogen) atoms. The van der Waals surface area contributed by atoms with Gasteiger partial charge in [0.2, 0.25) is 17.7 Å². The third kappa shape index (κ3) is 9.97. The van der Waals surface area contributed by atoms with E-state index in [1.54, 1.807) is 0 Å². The molecule has 4 aliphatic heterocycles. The quantitative estimate of drug-likeness (QED) is 0.0823. The molecule has 0 saturated carbocycles. The molecule has 312 valence electrons. The zero-order chi connectivity index (χ0) is 40.2. The van der Waals surface area contributed by atoms with Crippen LogP contribution in [0.15, 0.2) is 0 Å². The molecule has 0 aromatic carbocycles. The van der Waals surface area contributed by atoms with Gasteiger partial charge in [0.1, 0.15) is 97.5 Å². The SMILES string of the molecule is CC(=O)N[C@@H]1[C@@H](O[C@@H]2O[C@H](CO)[C@H](O)[C@H](O)[C@H]2O)[C@@H](O)[C@@H](CO[C@@H]2O[C@H](CO)[C@@H](O)[C@H](O[C@@H]3O[C@H](CO)[C@@H](O)[C@H](O)[C@H]3NC(C)=O)[C@H]2NC(C)=O)O[C@@H]1O. The van der Waals surface area contributed by atoms with Crippen molar-refractivity contribution < 1.29 is 104 Å². The molecule has 0 radical (unpaired) electrons. The van der Waals surface area contributed by atoms with Gasteiger partial charge in [-0.3, -0.25) is 14.4 Å². The third-order valence-corrected chi connectivity index (χ3v) is 9.39. The Morgan fingerprint density at radius 1 is 0.481 bits per heavy atom. The average Bonchev–Trinajstić information content (AvgIpc) is 3.11. The van der Waals surface area contributed by atoms with Crippen LogP contribution in [0.25, 0.3) is 0 Å². The summed E-state index contributed by atoms with van der Waals surface area (Å²) in [4.78, 5) is 36.4. The van der Waals surface area contributed by atoms with E-state index in [1.165, 1.54) is 0 Å². The van der Waals surface area contributed by atoms with Gasteiger partial charge >= 0.3 is 0 Å². The van der Waals surface area contributed by atoms with Gasteiger partial charge in [-0.1, -0.05) is 0 Å². The van der Waals surface area contributed by atoms with Crippen molar-refractivity contribution in [3.8, 4) is 0 Å². The maximum atomic E-state index is 12.4. The molecule has 4 aliphatic rings. The number of hydrogen-bond acceptors (Lipinski definition) is 21. The van der Waals surface area contributed by atoms with Crippen LogP contribution in [0.5, 0.6) is 0 Å². The molecule has 3 amide bonds. The van der Waals surface area contributed by atoms with Crippen LogP contribution >= 0.6 is 0 Å². The fraction of sp³-hybridized carbons (Fsp3) is 0.900. The van der Waals surface area contributed by atoms with Crippen LogP contribution in [0.4, 0.5) is 0 Å². The van der Waals surface area contributed by atoms with Gasteiger partial charge in [0, 0.05) is 20.8 Å². The van der Waals surface area contributed by atoms with Gasteiger partial charge in [0.25, 0.3) is 0 Å². The highest BCUT2D eigenvalue weighted by Crippen LogP contribution is 2.32. The summed E-state index contributed by atoms with van der Waals surface area (Å²) in [5.74, 6) is -2.12. The normalized spacial score (nSPS) is 45.7. The van der Waals surface area contributed by atoms with Gasteiger partial charge in [-0.25, -0.2) is 0 Å². The highest BCUT2D eigenvalue weighted by Gasteiger charge is 2.54. The number of nitrogens with one attached hydrogen (secondary N) is 3. The summed E-state index contributed by atoms with van der Waals surface area (Å²) in [5.41, 5.74) is 0. The molecule has 24 heteroatoms. The minimum atomic E-state index is -1.94. The summed E-state index contributed by atoms with van der Waals surface area (Å²) in [5, 5.41) is 122. The molecule has 0 aromatic heterocycles. The Labute approximate surface area is 307 Å². The van der Waals surface area contributed by atoms with E-state index in [4.69, 9.17) is 33.2 Å². The zero-order valence-corrected chi connectivity index (χ0v) is 29.4. The van der Waals surface area contributed by atoms with Gasteiger partial charge in [-0.15, -0.1) is 0 Å². The Kier molecular flexibility index (Phi) is 15.8. The van der Waals surface area contributed by atoms with Crippen molar-refractivity contribution in [1.29, 1.82) is 0 Å². The van der Waals surface area contributed by atoms with E-state index < -0.39 is 167 Å².